The van der Waals surface area contributed by atoms with Crippen LogP contribution in [0.5, 0.6) is 0 Å². The van der Waals surface area contributed by atoms with Gasteiger partial charge in [-0.1, -0.05) is 0 Å². The molecule has 0 aliphatic carbocycles. The summed E-state index contributed by atoms with van der Waals surface area (Å²) in [5.41, 5.74) is 4.65. The lowest BCUT2D eigenvalue weighted by molar-refractivity contribution is -0.140. The largest absolute Gasteiger partial charge is 0.419 e. The summed E-state index contributed by atoms with van der Waals surface area (Å²) in [6.45, 7) is 0.503. The third-order valence-electron chi connectivity index (χ3n) is 2.54. The molecule has 0 aliphatic rings. The zero-order chi connectivity index (χ0) is 13.8. The van der Waals surface area contributed by atoms with E-state index in [0.717, 1.165) is 24.2 Å². The summed E-state index contributed by atoms with van der Waals surface area (Å²) >= 11 is 0.979. The summed E-state index contributed by atoms with van der Waals surface area (Å²) in [6, 6.07) is 2.37. The van der Waals surface area contributed by atoms with Gasteiger partial charge >= 0.3 is 6.18 Å². The molecular weight excluding hydrogens is 266 g/mol. The molecule has 0 saturated carbocycles. The van der Waals surface area contributed by atoms with Gasteiger partial charge in [0.15, 0.2) is 0 Å². The van der Waals surface area contributed by atoms with Gasteiger partial charge in [0.25, 0.3) is 0 Å². The lowest BCUT2D eigenvalue weighted by Crippen LogP contribution is -2.10. The number of nitrogens with two attached hydrogens (primary N) is 1. The first-order valence-corrected chi connectivity index (χ1v) is 6.76. The Balaban J connectivity index is 3.06. The molecule has 0 spiro atoms. The van der Waals surface area contributed by atoms with Crippen molar-refractivity contribution < 1.29 is 17.6 Å². The van der Waals surface area contributed by atoms with Crippen LogP contribution in [-0.4, -0.2) is 12.8 Å². The number of hydrogen-bond donors (Lipinski definition) is 1. The molecule has 1 aromatic rings. The maximum absolute atomic E-state index is 13.6. The number of benzene rings is 1. The predicted molar refractivity (Wildman–Crippen MR) is 65.2 cm³/mol. The lowest BCUT2D eigenvalue weighted by Gasteiger charge is -2.13. The van der Waals surface area contributed by atoms with E-state index in [2.05, 4.69) is 0 Å². The molecular formula is C12H15F4NS. The van der Waals surface area contributed by atoms with Crippen molar-refractivity contribution in [3.05, 3.63) is 29.1 Å². The third-order valence-corrected chi connectivity index (χ3v) is 3.28. The molecule has 1 nitrogen and oxygen atoms in total. The highest BCUT2D eigenvalue weighted by atomic mass is 32.2. The Bertz CT molecular complexity index is 404. The first kappa shape index (κ1) is 15.3. The van der Waals surface area contributed by atoms with E-state index in [0.29, 0.717) is 24.9 Å². The Hall–Kier alpha value is -0.750. The standard InChI is InChI=1S/C12H15F4NS/c1-18-10-7-8(4-2-3-5-17)6-9(11(10)13)12(14,15)16/h6-7H,2-5,17H2,1H3. The van der Waals surface area contributed by atoms with Crippen LogP contribution >= 0.6 is 11.8 Å². The highest BCUT2D eigenvalue weighted by molar-refractivity contribution is 7.98. The molecule has 102 valence electrons. The Morgan fingerprint density at radius 3 is 2.39 bits per heavy atom. The molecule has 0 aromatic heterocycles. The first-order valence-electron chi connectivity index (χ1n) is 5.53. The number of alkyl halides is 3. The molecule has 0 saturated heterocycles. The van der Waals surface area contributed by atoms with E-state index in [-0.39, 0.29) is 4.90 Å². The summed E-state index contributed by atoms with van der Waals surface area (Å²) in [4.78, 5) is 0.0348. The van der Waals surface area contributed by atoms with Crippen LogP contribution < -0.4 is 5.73 Å². The van der Waals surface area contributed by atoms with E-state index < -0.39 is 17.6 Å². The minimum absolute atomic E-state index is 0.0348. The maximum atomic E-state index is 13.6. The van der Waals surface area contributed by atoms with E-state index in [1.165, 1.54) is 6.07 Å². The maximum Gasteiger partial charge on any atom is 0.419 e. The average molecular weight is 281 g/mol. The van der Waals surface area contributed by atoms with Gasteiger partial charge in [0.05, 0.1) is 5.56 Å². The fourth-order valence-corrected chi connectivity index (χ4v) is 2.19. The molecule has 0 fully saturated rings. The number of aryl methyl sites for hydroxylation is 1. The molecule has 18 heavy (non-hydrogen) atoms. The number of unbranched alkanes of at least 4 members (excludes halogenated alkanes) is 1. The molecule has 1 rings (SSSR count). The highest BCUT2D eigenvalue weighted by Crippen LogP contribution is 2.36. The van der Waals surface area contributed by atoms with Gasteiger partial charge in [-0.15, -0.1) is 11.8 Å². The molecule has 0 amide bonds. The van der Waals surface area contributed by atoms with Crippen molar-refractivity contribution in [1.29, 1.82) is 0 Å². The normalized spacial score (nSPS) is 11.9. The van der Waals surface area contributed by atoms with Crippen LogP contribution in [0.15, 0.2) is 17.0 Å². The third kappa shape index (κ3) is 3.88. The summed E-state index contributed by atoms with van der Waals surface area (Å²) in [6.07, 6.45) is -1.17. The second-order valence-electron chi connectivity index (χ2n) is 3.90. The van der Waals surface area contributed by atoms with Gasteiger partial charge in [-0.05, 0) is 49.8 Å². The predicted octanol–water partition coefficient (Wildman–Crippen LogP) is 3.85. The second-order valence-corrected chi connectivity index (χ2v) is 4.75. The summed E-state index contributed by atoms with van der Waals surface area (Å²) < 4.78 is 51.6. The lowest BCUT2D eigenvalue weighted by atomic mass is 10.0. The molecule has 0 bridgehead atoms. The van der Waals surface area contributed by atoms with Crippen LogP contribution in [0.2, 0.25) is 0 Å². The minimum atomic E-state index is -4.65. The monoisotopic (exact) mass is 281 g/mol. The SMILES string of the molecule is CSc1cc(CCCCN)cc(C(F)(F)F)c1F. The van der Waals surface area contributed by atoms with Crippen molar-refractivity contribution in [3.63, 3.8) is 0 Å². The van der Waals surface area contributed by atoms with Crippen molar-refractivity contribution in [3.8, 4) is 0 Å². The number of thioether (sulfide) groups is 1. The molecule has 0 radical (unpaired) electrons. The Labute approximate surface area is 108 Å². The zero-order valence-electron chi connectivity index (χ0n) is 9.98. The smallest absolute Gasteiger partial charge is 0.330 e. The van der Waals surface area contributed by atoms with E-state index in [1.54, 1.807) is 6.26 Å². The van der Waals surface area contributed by atoms with Crippen LogP contribution in [0.25, 0.3) is 0 Å². The number of hydrogen-bond acceptors (Lipinski definition) is 2. The Kier molecular flexibility index (Phi) is 5.47. The quantitative estimate of drug-likeness (QED) is 0.504. The van der Waals surface area contributed by atoms with Crippen LogP contribution in [0.1, 0.15) is 24.0 Å². The van der Waals surface area contributed by atoms with E-state index in [9.17, 15) is 17.6 Å². The van der Waals surface area contributed by atoms with Crippen molar-refractivity contribution in [2.45, 2.75) is 30.3 Å². The van der Waals surface area contributed by atoms with Crippen LogP contribution in [0.3, 0.4) is 0 Å². The van der Waals surface area contributed by atoms with Gasteiger partial charge in [-0.2, -0.15) is 13.2 Å². The van der Waals surface area contributed by atoms with Gasteiger partial charge in [0.2, 0.25) is 0 Å². The molecule has 1 aromatic carbocycles. The van der Waals surface area contributed by atoms with Gasteiger partial charge in [-0.3, -0.25) is 0 Å². The summed E-state index contributed by atoms with van der Waals surface area (Å²) in [7, 11) is 0. The number of rotatable bonds is 5. The topological polar surface area (TPSA) is 26.0 Å². The molecule has 0 atom stereocenters. The van der Waals surface area contributed by atoms with Gasteiger partial charge < -0.3 is 5.73 Å². The fraction of sp³-hybridized carbons (Fsp3) is 0.500. The number of halogens is 4. The molecule has 6 heteroatoms. The van der Waals surface area contributed by atoms with E-state index in [1.807, 2.05) is 0 Å². The zero-order valence-corrected chi connectivity index (χ0v) is 10.8. The van der Waals surface area contributed by atoms with E-state index in [4.69, 9.17) is 5.73 Å². The van der Waals surface area contributed by atoms with Crippen molar-refractivity contribution >= 4 is 11.8 Å². The van der Waals surface area contributed by atoms with Crippen LogP contribution in [0.4, 0.5) is 17.6 Å². The van der Waals surface area contributed by atoms with Crippen molar-refractivity contribution in [2.24, 2.45) is 5.73 Å². The van der Waals surface area contributed by atoms with Gasteiger partial charge in [0, 0.05) is 4.90 Å². The Morgan fingerprint density at radius 1 is 1.22 bits per heavy atom. The van der Waals surface area contributed by atoms with E-state index >= 15 is 0 Å². The van der Waals surface area contributed by atoms with Crippen LogP contribution in [0, 0.1) is 5.82 Å². The second kappa shape index (κ2) is 6.43. The Morgan fingerprint density at radius 2 is 1.89 bits per heavy atom. The minimum Gasteiger partial charge on any atom is -0.330 e. The molecule has 0 unspecified atom stereocenters. The summed E-state index contributed by atoms with van der Waals surface area (Å²) in [5, 5.41) is 0. The first-order chi connectivity index (χ1) is 8.40. The van der Waals surface area contributed by atoms with Gasteiger partial charge in [-0.25, -0.2) is 4.39 Å². The molecule has 2 N–H and O–H groups in total. The average Bonchev–Trinajstić information content (AvgIpc) is 2.29. The highest BCUT2D eigenvalue weighted by Gasteiger charge is 2.35. The molecule has 0 aliphatic heterocycles. The fourth-order valence-electron chi connectivity index (χ4n) is 1.63. The van der Waals surface area contributed by atoms with Crippen molar-refractivity contribution in [2.75, 3.05) is 12.8 Å². The van der Waals surface area contributed by atoms with Crippen LogP contribution in [-0.2, 0) is 12.6 Å². The van der Waals surface area contributed by atoms with Gasteiger partial charge in [0.1, 0.15) is 5.82 Å². The molecule has 0 heterocycles. The summed E-state index contributed by atoms with van der Waals surface area (Å²) in [5.74, 6) is -1.18. The van der Waals surface area contributed by atoms with Crippen molar-refractivity contribution in [1.82, 2.24) is 0 Å².